The van der Waals surface area contributed by atoms with E-state index in [0.717, 1.165) is 18.4 Å². The standard InChI is InChI=1S/C21H25N3O5/c1-26-16-8-7-13(10-17(16)27-2)6-5-9-22-21-23-15-12-19(29-4)18(28-3)11-14(15)20(25)24-21/h7-8,10-12H,5-6,9H2,1-4H3,(H2,22,23,24,25). The number of hydrogen-bond acceptors (Lipinski definition) is 7. The molecule has 0 saturated carbocycles. The lowest BCUT2D eigenvalue weighted by atomic mass is 10.1. The number of benzene rings is 2. The summed E-state index contributed by atoms with van der Waals surface area (Å²) < 4.78 is 21.1. The third-order valence-corrected chi connectivity index (χ3v) is 4.60. The second-order valence-corrected chi connectivity index (χ2v) is 6.36. The molecule has 8 heteroatoms. The number of aromatic nitrogens is 2. The van der Waals surface area contributed by atoms with Gasteiger partial charge < -0.3 is 29.2 Å². The fraction of sp³-hybridized carbons (Fsp3) is 0.333. The summed E-state index contributed by atoms with van der Waals surface area (Å²) in [6.45, 7) is 0.649. The topological polar surface area (TPSA) is 94.7 Å². The number of aryl methyl sites for hydroxylation is 1. The Morgan fingerprint density at radius 1 is 0.897 bits per heavy atom. The van der Waals surface area contributed by atoms with Crippen LogP contribution in [0.5, 0.6) is 23.0 Å². The summed E-state index contributed by atoms with van der Waals surface area (Å²) in [5.74, 6) is 2.87. The lowest BCUT2D eigenvalue weighted by Gasteiger charge is -2.11. The largest absolute Gasteiger partial charge is 0.493 e. The van der Waals surface area contributed by atoms with E-state index in [9.17, 15) is 4.79 Å². The van der Waals surface area contributed by atoms with Gasteiger partial charge in [-0.3, -0.25) is 4.79 Å². The van der Waals surface area contributed by atoms with Crippen molar-refractivity contribution in [1.82, 2.24) is 9.97 Å². The van der Waals surface area contributed by atoms with Crippen LogP contribution in [0.2, 0.25) is 0 Å². The van der Waals surface area contributed by atoms with Crippen LogP contribution in [0.3, 0.4) is 0 Å². The van der Waals surface area contributed by atoms with E-state index in [1.54, 1.807) is 33.5 Å². The van der Waals surface area contributed by atoms with E-state index in [-0.39, 0.29) is 5.56 Å². The molecule has 154 valence electrons. The van der Waals surface area contributed by atoms with Gasteiger partial charge in [0.05, 0.1) is 39.3 Å². The smallest absolute Gasteiger partial charge is 0.282 e. The lowest BCUT2D eigenvalue weighted by molar-refractivity contribution is 0.354. The van der Waals surface area contributed by atoms with Crippen molar-refractivity contribution in [2.45, 2.75) is 12.8 Å². The van der Waals surface area contributed by atoms with Crippen LogP contribution in [0.25, 0.3) is 10.9 Å². The van der Waals surface area contributed by atoms with Crippen molar-refractivity contribution in [2.75, 3.05) is 40.3 Å². The van der Waals surface area contributed by atoms with Crippen molar-refractivity contribution in [1.29, 1.82) is 0 Å². The zero-order valence-corrected chi connectivity index (χ0v) is 17.0. The van der Waals surface area contributed by atoms with E-state index in [2.05, 4.69) is 15.3 Å². The van der Waals surface area contributed by atoms with E-state index >= 15 is 0 Å². The minimum atomic E-state index is -0.331. The van der Waals surface area contributed by atoms with Gasteiger partial charge in [-0.05, 0) is 36.6 Å². The Hall–Kier alpha value is -3.42. The Morgan fingerprint density at radius 2 is 1.55 bits per heavy atom. The van der Waals surface area contributed by atoms with E-state index in [1.165, 1.54) is 7.11 Å². The molecule has 1 aromatic heterocycles. The fourth-order valence-electron chi connectivity index (χ4n) is 3.10. The molecule has 3 aromatic rings. The number of aromatic amines is 1. The van der Waals surface area contributed by atoms with Crippen LogP contribution < -0.4 is 29.8 Å². The van der Waals surface area contributed by atoms with Gasteiger partial charge in [-0.2, -0.15) is 4.98 Å². The second-order valence-electron chi connectivity index (χ2n) is 6.36. The molecular weight excluding hydrogens is 374 g/mol. The van der Waals surface area contributed by atoms with Gasteiger partial charge in [-0.15, -0.1) is 0 Å². The quantitative estimate of drug-likeness (QED) is 0.534. The van der Waals surface area contributed by atoms with Gasteiger partial charge in [0.15, 0.2) is 23.0 Å². The average Bonchev–Trinajstić information content (AvgIpc) is 2.75. The van der Waals surface area contributed by atoms with Crippen LogP contribution in [0.15, 0.2) is 35.1 Å². The lowest BCUT2D eigenvalue weighted by Crippen LogP contribution is -2.14. The summed E-state index contributed by atoms with van der Waals surface area (Å²) >= 11 is 0. The van der Waals surface area contributed by atoms with Crippen LogP contribution in [-0.4, -0.2) is 45.0 Å². The van der Waals surface area contributed by atoms with E-state index in [1.807, 2.05) is 18.2 Å². The Labute approximate surface area is 168 Å². The zero-order chi connectivity index (χ0) is 20.8. The van der Waals surface area contributed by atoms with Crippen molar-refractivity contribution in [3.05, 3.63) is 46.2 Å². The Kier molecular flexibility index (Phi) is 6.43. The minimum Gasteiger partial charge on any atom is -0.493 e. The highest BCUT2D eigenvalue weighted by Crippen LogP contribution is 2.30. The molecule has 0 spiro atoms. The van der Waals surface area contributed by atoms with Crippen molar-refractivity contribution >= 4 is 16.9 Å². The number of nitrogens with one attached hydrogen (secondary N) is 2. The van der Waals surface area contributed by atoms with Gasteiger partial charge in [-0.1, -0.05) is 6.07 Å². The van der Waals surface area contributed by atoms with Crippen molar-refractivity contribution in [3.8, 4) is 23.0 Å². The molecule has 0 aliphatic rings. The molecule has 0 aliphatic carbocycles. The first-order valence-electron chi connectivity index (χ1n) is 9.20. The molecule has 0 bridgehead atoms. The van der Waals surface area contributed by atoms with E-state index in [4.69, 9.17) is 18.9 Å². The molecule has 0 unspecified atom stereocenters. The van der Waals surface area contributed by atoms with Crippen LogP contribution in [0, 0.1) is 0 Å². The van der Waals surface area contributed by atoms with Crippen LogP contribution >= 0.6 is 0 Å². The molecule has 0 saturated heterocycles. The summed E-state index contributed by atoms with van der Waals surface area (Å²) in [5.41, 5.74) is 1.44. The maximum atomic E-state index is 12.4. The average molecular weight is 399 g/mol. The molecule has 3 rings (SSSR count). The summed E-state index contributed by atoms with van der Waals surface area (Å²) in [6, 6.07) is 9.23. The molecule has 1 heterocycles. The molecule has 0 fully saturated rings. The van der Waals surface area contributed by atoms with Gasteiger partial charge >= 0.3 is 0 Å². The molecule has 0 aliphatic heterocycles. The zero-order valence-electron chi connectivity index (χ0n) is 17.0. The first kappa shape index (κ1) is 20.3. The minimum absolute atomic E-state index is 0.331. The third kappa shape index (κ3) is 4.53. The molecule has 0 amide bonds. The molecule has 0 atom stereocenters. The first-order valence-corrected chi connectivity index (χ1v) is 9.20. The van der Waals surface area contributed by atoms with Crippen molar-refractivity contribution < 1.29 is 18.9 Å². The van der Waals surface area contributed by atoms with Crippen molar-refractivity contribution in [3.63, 3.8) is 0 Å². The van der Waals surface area contributed by atoms with E-state index in [0.29, 0.717) is 46.4 Å². The fourth-order valence-corrected chi connectivity index (χ4v) is 3.10. The predicted molar refractivity (Wildman–Crippen MR) is 112 cm³/mol. The number of methoxy groups -OCH3 is 4. The third-order valence-electron chi connectivity index (χ3n) is 4.60. The van der Waals surface area contributed by atoms with E-state index < -0.39 is 0 Å². The Morgan fingerprint density at radius 3 is 2.24 bits per heavy atom. The maximum absolute atomic E-state index is 12.4. The number of nitrogens with zero attached hydrogens (tertiary/aromatic N) is 1. The number of fused-ring (bicyclic) bond motifs is 1. The highest BCUT2D eigenvalue weighted by Gasteiger charge is 2.11. The number of H-pyrrole nitrogens is 1. The van der Waals surface area contributed by atoms with Gasteiger partial charge in [0, 0.05) is 12.6 Å². The van der Waals surface area contributed by atoms with Crippen LogP contribution in [-0.2, 0) is 6.42 Å². The number of rotatable bonds is 9. The van der Waals surface area contributed by atoms with Gasteiger partial charge in [-0.25, -0.2) is 0 Å². The summed E-state index contributed by atoms with van der Waals surface area (Å²) in [7, 11) is 6.32. The van der Waals surface area contributed by atoms with Crippen molar-refractivity contribution in [2.24, 2.45) is 0 Å². The SMILES string of the molecule is COc1ccc(CCCNc2nc(=O)c3cc(OC)c(OC)cc3[nH]2)cc1OC. The first-order chi connectivity index (χ1) is 14.1. The maximum Gasteiger partial charge on any atom is 0.282 e. The molecule has 8 nitrogen and oxygen atoms in total. The molecular formula is C21H25N3O5. The summed E-state index contributed by atoms with van der Waals surface area (Å²) in [6.07, 6.45) is 1.69. The number of ether oxygens (including phenoxy) is 4. The number of hydrogen-bond donors (Lipinski definition) is 2. The van der Waals surface area contributed by atoms with Gasteiger partial charge in [0.25, 0.3) is 5.56 Å². The predicted octanol–water partition coefficient (Wildman–Crippen LogP) is 3.00. The summed E-state index contributed by atoms with van der Waals surface area (Å²) in [5, 5.41) is 3.61. The monoisotopic (exact) mass is 399 g/mol. The normalized spacial score (nSPS) is 10.6. The molecule has 29 heavy (non-hydrogen) atoms. The van der Waals surface area contributed by atoms with Crippen LogP contribution in [0.1, 0.15) is 12.0 Å². The van der Waals surface area contributed by atoms with Crippen LogP contribution in [0.4, 0.5) is 5.95 Å². The van der Waals surface area contributed by atoms with Gasteiger partial charge in [0.1, 0.15) is 0 Å². The molecule has 2 N–H and O–H groups in total. The van der Waals surface area contributed by atoms with Gasteiger partial charge in [0.2, 0.25) is 5.95 Å². The Balaban J connectivity index is 1.67. The highest BCUT2D eigenvalue weighted by atomic mass is 16.5. The molecule has 0 radical (unpaired) electrons. The molecule has 2 aromatic carbocycles. The highest BCUT2D eigenvalue weighted by molar-refractivity contribution is 5.82. The summed E-state index contributed by atoms with van der Waals surface area (Å²) in [4.78, 5) is 19.6. The Bertz CT molecular complexity index is 1050. The second kappa shape index (κ2) is 9.18. The number of anilines is 1.